The minimum atomic E-state index is -3.84. The number of rotatable bonds is 9. The summed E-state index contributed by atoms with van der Waals surface area (Å²) in [4.78, 5) is 17.2. The molecule has 0 atom stereocenters. The number of anilines is 1. The van der Waals surface area contributed by atoms with Crippen molar-refractivity contribution in [2.45, 2.75) is 25.0 Å². The Bertz CT molecular complexity index is 1370. The summed E-state index contributed by atoms with van der Waals surface area (Å²) in [6.07, 6.45) is 3.16. The molecule has 174 valence electrons. The molecule has 8 nitrogen and oxygen atoms in total. The van der Waals surface area contributed by atoms with Crippen LogP contribution in [0.1, 0.15) is 27.4 Å². The summed E-state index contributed by atoms with van der Waals surface area (Å²) in [6, 6.07) is 20.3. The number of hydrogen-bond donors (Lipinski definition) is 2. The molecule has 2 aromatic heterocycles. The lowest BCUT2D eigenvalue weighted by molar-refractivity contribution is 0.102. The maximum atomic E-state index is 13.0. The molecule has 4 rings (SSSR count). The van der Waals surface area contributed by atoms with Crippen LogP contribution in [0.3, 0.4) is 0 Å². The third-order valence-electron chi connectivity index (χ3n) is 4.99. The highest BCUT2D eigenvalue weighted by atomic mass is 32.2. The number of benzene rings is 2. The van der Waals surface area contributed by atoms with E-state index in [1.165, 1.54) is 18.4 Å². The second kappa shape index (κ2) is 10.3. The smallest absolute Gasteiger partial charge is 0.255 e. The summed E-state index contributed by atoms with van der Waals surface area (Å²) in [7, 11) is -3.84. The van der Waals surface area contributed by atoms with Crippen molar-refractivity contribution in [3.8, 4) is 5.75 Å². The first-order chi connectivity index (χ1) is 16.4. The SMILES string of the molecule is Cc1ccc(S(=O)(=O)NCc2ccco2)cc1C(=O)Nc1cccc(OCc2ccccn2)c1. The van der Waals surface area contributed by atoms with Crippen molar-refractivity contribution in [1.82, 2.24) is 9.71 Å². The van der Waals surface area contributed by atoms with Crippen LogP contribution >= 0.6 is 0 Å². The van der Waals surface area contributed by atoms with Crippen LogP contribution in [0.15, 0.2) is 94.6 Å². The van der Waals surface area contributed by atoms with Crippen LogP contribution in [0.25, 0.3) is 0 Å². The van der Waals surface area contributed by atoms with E-state index in [4.69, 9.17) is 9.15 Å². The monoisotopic (exact) mass is 477 g/mol. The van der Waals surface area contributed by atoms with Crippen LogP contribution in [0.2, 0.25) is 0 Å². The van der Waals surface area contributed by atoms with E-state index < -0.39 is 15.9 Å². The Labute approximate surface area is 197 Å². The Balaban J connectivity index is 1.45. The van der Waals surface area contributed by atoms with Crippen molar-refractivity contribution in [2.75, 3.05) is 5.32 Å². The van der Waals surface area contributed by atoms with E-state index in [-0.39, 0.29) is 17.0 Å². The zero-order chi connectivity index (χ0) is 24.0. The molecule has 9 heteroatoms. The topological polar surface area (TPSA) is 111 Å². The molecule has 2 aromatic carbocycles. The predicted octanol–water partition coefficient (Wildman–Crippen LogP) is 4.29. The number of sulfonamides is 1. The van der Waals surface area contributed by atoms with Crippen LogP contribution in [0.5, 0.6) is 5.75 Å². The molecule has 34 heavy (non-hydrogen) atoms. The number of pyridine rings is 1. The van der Waals surface area contributed by atoms with Crippen LogP contribution in [0.4, 0.5) is 5.69 Å². The molecule has 0 unspecified atom stereocenters. The lowest BCUT2D eigenvalue weighted by atomic mass is 10.1. The van der Waals surface area contributed by atoms with Crippen LogP contribution in [0, 0.1) is 6.92 Å². The lowest BCUT2D eigenvalue weighted by Crippen LogP contribution is -2.24. The summed E-state index contributed by atoms with van der Waals surface area (Å²) < 4.78 is 38.8. The zero-order valence-electron chi connectivity index (χ0n) is 18.4. The fraction of sp³-hybridized carbons (Fsp3) is 0.120. The molecule has 2 N–H and O–H groups in total. The Morgan fingerprint density at radius 1 is 1.03 bits per heavy atom. The molecule has 0 fully saturated rings. The van der Waals surface area contributed by atoms with Crippen molar-refractivity contribution >= 4 is 21.6 Å². The first kappa shape index (κ1) is 23.2. The molecular formula is C25H23N3O5S. The second-order valence-corrected chi connectivity index (χ2v) is 9.24. The summed E-state index contributed by atoms with van der Waals surface area (Å²) >= 11 is 0. The number of carbonyl (C=O) groups excluding carboxylic acids is 1. The van der Waals surface area contributed by atoms with Gasteiger partial charge >= 0.3 is 0 Å². The number of amides is 1. The van der Waals surface area contributed by atoms with Gasteiger partial charge in [-0.15, -0.1) is 0 Å². The third kappa shape index (κ3) is 5.89. The molecule has 4 aromatic rings. The van der Waals surface area contributed by atoms with Gasteiger partial charge in [-0.05, 0) is 61.0 Å². The molecule has 0 saturated heterocycles. The first-order valence-corrected chi connectivity index (χ1v) is 12.0. The van der Waals surface area contributed by atoms with Crippen molar-refractivity contribution in [3.63, 3.8) is 0 Å². The fourth-order valence-electron chi connectivity index (χ4n) is 3.18. The molecule has 0 saturated carbocycles. The molecule has 0 aliphatic carbocycles. The highest BCUT2D eigenvalue weighted by Gasteiger charge is 2.18. The van der Waals surface area contributed by atoms with Crippen molar-refractivity contribution in [2.24, 2.45) is 0 Å². The highest BCUT2D eigenvalue weighted by Crippen LogP contribution is 2.21. The normalized spacial score (nSPS) is 11.2. The van der Waals surface area contributed by atoms with Gasteiger partial charge < -0.3 is 14.5 Å². The van der Waals surface area contributed by atoms with E-state index in [0.29, 0.717) is 29.4 Å². The molecule has 0 spiro atoms. The summed E-state index contributed by atoms with van der Waals surface area (Å²) in [5.74, 6) is 0.625. The Morgan fingerprint density at radius 3 is 2.68 bits per heavy atom. The van der Waals surface area contributed by atoms with Crippen molar-refractivity contribution in [3.05, 3.63) is 108 Å². The molecule has 0 aliphatic rings. The lowest BCUT2D eigenvalue weighted by Gasteiger charge is -2.12. The number of hydrogen-bond acceptors (Lipinski definition) is 6. The standard InChI is InChI=1S/C25H23N3O5S/c1-18-10-11-23(34(30,31)27-16-22-9-5-13-32-22)15-24(18)25(29)28-19-7-4-8-21(14-19)33-17-20-6-2-3-12-26-20/h2-15,27H,16-17H2,1H3,(H,28,29). The molecule has 0 bridgehead atoms. The van der Waals surface area contributed by atoms with Crippen LogP contribution in [-0.2, 0) is 23.2 Å². The molecule has 2 heterocycles. The molecule has 0 radical (unpaired) electrons. The van der Waals surface area contributed by atoms with Gasteiger partial charge in [0.2, 0.25) is 10.0 Å². The number of carbonyl (C=O) groups is 1. The second-order valence-electron chi connectivity index (χ2n) is 7.47. The molecule has 1 amide bonds. The highest BCUT2D eigenvalue weighted by molar-refractivity contribution is 7.89. The quantitative estimate of drug-likeness (QED) is 0.372. The van der Waals surface area contributed by atoms with Gasteiger partial charge in [-0.25, -0.2) is 13.1 Å². The number of aryl methyl sites for hydroxylation is 1. The van der Waals surface area contributed by atoms with Gasteiger partial charge in [-0.1, -0.05) is 18.2 Å². The van der Waals surface area contributed by atoms with Crippen LogP contribution < -0.4 is 14.8 Å². The number of aromatic nitrogens is 1. The predicted molar refractivity (Wildman–Crippen MR) is 127 cm³/mol. The van der Waals surface area contributed by atoms with Gasteiger partial charge in [0.05, 0.1) is 23.4 Å². The van der Waals surface area contributed by atoms with E-state index in [2.05, 4.69) is 15.0 Å². The van der Waals surface area contributed by atoms with Gasteiger partial charge in [0.1, 0.15) is 18.1 Å². The van der Waals surface area contributed by atoms with Gasteiger partial charge in [0.15, 0.2) is 0 Å². The van der Waals surface area contributed by atoms with Gasteiger partial charge in [-0.2, -0.15) is 0 Å². The summed E-state index contributed by atoms with van der Waals surface area (Å²) in [5.41, 5.74) is 2.20. The van der Waals surface area contributed by atoms with E-state index in [0.717, 1.165) is 5.69 Å². The van der Waals surface area contributed by atoms with Crippen molar-refractivity contribution in [1.29, 1.82) is 0 Å². The molecule has 0 aliphatic heterocycles. The van der Waals surface area contributed by atoms with Crippen LogP contribution in [-0.4, -0.2) is 19.3 Å². The average Bonchev–Trinajstić information content (AvgIpc) is 3.36. The number of furan rings is 1. The Hall–Kier alpha value is -3.95. The maximum Gasteiger partial charge on any atom is 0.255 e. The number of nitrogens with one attached hydrogen (secondary N) is 2. The van der Waals surface area contributed by atoms with Gasteiger partial charge in [0, 0.05) is 23.5 Å². The fourth-order valence-corrected chi connectivity index (χ4v) is 4.20. The minimum absolute atomic E-state index is 0.00995. The largest absolute Gasteiger partial charge is 0.487 e. The summed E-state index contributed by atoms with van der Waals surface area (Å²) in [6.45, 7) is 2.05. The van der Waals surface area contributed by atoms with Gasteiger partial charge in [0.25, 0.3) is 5.91 Å². The number of ether oxygens (including phenoxy) is 1. The molecular weight excluding hydrogens is 454 g/mol. The minimum Gasteiger partial charge on any atom is -0.487 e. The van der Waals surface area contributed by atoms with E-state index in [1.54, 1.807) is 55.6 Å². The Morgan fingerprint density at radius 2 is 1.91 bits per heavy atom. The van der Waals surface area contributed by atoms with E-state index >= 15 is 0 Å². The van der Waals surface area contributed by atoms with Crippen molar-refractivity contribution < 1.29 is 22.4 Å². The summed E-state index contributed by atoms with van der Waals surface area (Å²) in [5, 5.41) is 2.81. The van der Waals surface area contributed by atoms with Gasteiger partial charge in [-0.3, -0.25) is 9.78 Å². The van der Waals surface area contributed by atoms with E-state index in [1.807, 2.05) is 18.2 Å². The third-order valence-corrected chi connectivity index (χ3v) is 6.38. The average molecular weight is 478 g/mol. The number of nitrogens with zero attached hydrogens (tertiary/aromatic N) is 1. The maximum absolute atomic E-state index is 13.0. The zero-order valence-corrected chi connectivity index (χ0v) is 19.2. The van der Waals surface area contributed by atoms with E-state index in [9.17, 15) is 13.2 Å². The Kier molecular flexibility index (Phi) is 7.05. The first-order valence-electron chi connectivity index (χ1n) is 10.5.